The van der Waals surface area contributed by atoms with Crippen molar-refractivity contribution >= 4 is 17.3 Å². The molecule has 2 rings (SSSR count). The van der Waals surface area contributed by atoms with E-state index in [2.05, 4.69) is 17.6 Å². The Morgan fingerprint density at radius 2 is 1.81 bits per heavy atom. The Morgan fingerprint density at radius 3 is 2.63 bits per heavy atom. The number of benzene rings is 2. The molecule has 0 aliphatic rings. The Kier molecular flexibility index (Phi) is 9.00. The standard InChI is InChI=1S/C21H28N2O4/c1-3-12-26-18-9-7-8-17(15-18)22-16-21(24)23-19-10-5-6-11-20(19)27-14-13-25-4-2/h5-11,15,22H,3-4,12-14,16H2,1-2H3,(H,23,24). The number of anilines is 2. The van der Waals surface area contributed by atoms with Gasteiger partial charge in [-0.05, 0) is 37.6 Å². The molecule has 0 radical (unpaired) electrons. The molecule has 2 aromatic rings. The molecule has 0 unspecified atom stereocenters. The van der Waals surface area contributed by atoms with E-state index < -0.39 is 0 Å². The predicted molar refractivity (Wildman–Crippen MR) is 108 cm³/mol. The molecule has 1 amide bonds. The van der Waals surface area contributed by atoms with Gasteiger partial charge in [-0.3, -0.25) is 4.79 Å². The highest BCUT2D eigenvalue weighted by Gasteiger charge is 2.08. The van der Waals surface area contributed by atoms with Gasteiger partial charge in [0.15, 0.2) is 0 Å². The van der Waals surface area contributed by atoms with Crippen molar-refractivity contribution in [2.24, 2.45) is 0 Å². The van der Waals surface area contributed by atoms with Crippen molar-refractivity contribution in [2.75, 3.05) is 43.6 Å². The number of amides is 1. The number of para-hydroxylation sites is 2. The van der Waals surface area contributed by atoms with Crippen molar-refractivity contribution in [1.29, 1.82) is 0 Å². The smallest absolute Gasteiger partial charge is 0.243 e. The van der Waals surface area contributed by atoms with Crippen LogP contribution in [-0.4, -0.2) is 38.9 Å². The molecule has 2 aromatic carbocycles. The molecule has 0 aromatic heterocycles. The van der Waals surface area contributed by atoms with Crippen LogP contribution in [-0.2, 0) is 9.53 Å². The summed E-state index contributed by atoms with van der Waals surface area (Å²) in [6.45, 7) is 6.41. The molecule has 0 fully saturated rings. The van der Waals surface area contributed by atoms with Crippen molar-refractivity contribution in [2.45, 2.75) is 20.3 Å². The van der Waals surface area contributed by atoms with Gasteiger partial charge in [0.25, 0.3) is 0 Å². The van der Waals surface area contributed by atoms with E-state index in [1.165, 1.54) is 0 Å². The number of carbonyl (C=O) groups is 1. The summed E-state index contributed by atoms with van der Waals surface area (Å²) in [5, 5.41) is 5.98. The van der Waals surface area contributed by atoms with Crippen LogP contribution < -0.4 is 20.1 Å². The van der Waals surface area contributed by atoms with Crippen molar-refractivity contribution in [3.05, 3.63) is 48.5 Å². The molecule has 0 heterocycles. The molecule has 0 aliphatic heterocycles. The van der Waals surface area contributed by atoms with Gasteiger partial charge in [0.1, 0.15) is 18.1 Å². The molecule has 146 valence electrons. The largest absolute Gasteiger partial charge is 0.494 e. The van der Waals surface area contributed by atoms with E-state index in [-0.39, 0.29) is 12.5 Å². The van der Waals surface area contributed by atoms with E-state index in [1.54, 1.807) is 0 Å². The fourth-order valence-corrected chi connectivity index (χ4v) is 2.34. The Morgan fingerprint density at radius 1 is 0.963 bits per heavy atom. The summed E-state index contributed by atoms with van der Waals surface area (Å²) in [6.07, 6.45) is 0.951. The number of hydrogen-bond acceptors (Lipinski definition) is 5. The minimum Gasteiger partial charge on any atom is -0.494 e. The van der Waals surface area contributed by atoms with Crippen LogP contribution in [0.25, 0.3) is 0 Å². The van der Waals surface area contributed by atoms with Crippen molar-refractivity contribution in [3.63, 3.8) is 0 Å². The summed E-state index contributed by atoms with van der Waals surface area (Å²) in [6, 6.07) is 14.9. The number of nitrogens with one attached hydrogen (secondary N) is 2. The molecule has 0 spiro atoms. The number of ether oxygens (including phenoxy) is 3. The molecule has 6 heteroatoms. The van der Waals surface area contributed by atoms with E-state index in [0.717, 1.165) is 17.9 Å². The molecule has 0 aliphatic carbocycles. The first-order valence-corrected chi connectivity index (χ1v) is 9.29. The molecule has 0 saturated heterocycles. The molecule has 0 atom stereocenters. The first kappa shape index (κ1) is 20.6. The Labute approximate surface area is 160 Å². The van der Waals surface area contributed by atoms with Crippen LogP contribution in [0.1, 0.15) is 20.3 Å². The van der Waals surface area contributed by atoms with Gasteiger partial charge in [0, 0.05) is 18.4 Å². The third kappa shape index (κ3) is 7.58. The minimum atomic E-state index is -0.157. The summed E-state index contributed by atoms with van der Waals surface area (Å²) in [7, 11) is 0. The van der Waals surface area contributed by atoms with E-state index in [4.69, 9.17) is 14.2 Å². The SMILES string of the molecule is CCCOc1cccc(NCC(=O)Nc2ccccc2OCCOCC)c1. The third-order valence-corrected chi connectivity index (χ3v) is 3.61. The summed E-state index contributed by atoms with van der Waals surface area (Å²) in [5.74, 6) is 1.26. The highest BCUT2D eigenvalue weighted by atomic mass is 16.5. The van der Waals surface area contributed by atoms with Gasteiger partial charge in [0.05, 0.1) is 25.4 Å². The lowest BCUT2D eigenvalue weighted by molar-refractivity contribution is -0.114. The average Bonchev–Trinajstić information content (AvgIpc) is 2.69. The second-order valence-electron chi connectivity index (χ2n) is 5.82. The first-order valence-electron chi connectivity index (χ1n) is 9.29. The highest BCUT2D eigenvalue weighted by molar-refractivity contribution is 5.95. The van der Waals surface area contributed by atoms with E-state index >= 15 is 0 Å². The zero-order valence-corrected chi connectivity index (χ0v) is 16.0. The molecule has 2 N–H and O–H groups in total. The quantitative estimate of drug-likeness (QED) is 0.552. The van der Waals surface area contributed by atoms with E-state index in [1.807, 2.05) is 55.5 Å². The van der Waals surface area contributed by atoms with E-state index in [9.17, 15) is 4.79 Å². The van der Waals surface area contributed by atoms with Crippen molar-refractivity contribution in [3.8, 4) is 11.5 Å². The monoisotopic (exact) mass is 372 g/mol. The number of hydrogen-bond donors (Lipinski definition) is 2. The van der Waals surface area contributed by atoms with Crippen LogP contribution in [0.5, 0.6) is 11.5 Å². The molecular weight excluding hydrogens is 344 g/mol. The van der Waals surface area contributed by atoms with Gasteiger partial charge in [-0.25, -0.2) is 0 Å². The molecule has 6 nitrogen and oxygen atoms in total. The van der Waals surface area contributed by atoms with Crippen LogP contribution >= 0.6 is 0 Å². The normalized spacial score (nSPS) is 10.3. The average molecular weight is 372 g/mol. The maximum absolute atomic E-state index is 12.3. The first-order chi connectivity index (χ1) is 13.2. The second-order valence-corrected chi connectivity index (χ2v) is 5.82. The van der Waals surface area contributed by atoms with E-state index in [0.29, 0.717) is 37.9 Å². The zero-order valence-electron chi connectivity index (χ0n) is 16.0. The number of rotatable bonds is 12. The lowest BCUT2D eigenvalue weighted by atomic mass is 10.3. The van der Waals surface area contributed by atoms with Gasteiger partial charge >= 0.3 is 0 Å². The Bertz CT molecular complexity index is 706. The zero-order chi connectivity index (χ0) is 19.3. The number of carbonyl (C=O) groups excluding carboxylic acids is 1. The molecule has 0 saturated carbocycles. The lowest BCUT2D eigenvalue weighted by Crippen LogP contribution is -2.22. The van der Waals surface area contributed by atoms with Crippen LogP contribution in [0.4, 0.5) is 11.4 Å². The van der Waals surface area contributed by atoms with Crippen LogP contribution in [0.15, 0.2) is 48.5 Å². The predicted octanol–water partition coefficient (Wildman–Crippen LogP) is 3.94. The van der Waals surface area contributed by atoms with Gasteiger partial charge < -0.3 is 24.8 Å². The minimum absolute atomic E-state index is 0.143. The maximum Gasteiger partial charge on any atom is 0.243 e. The van der Waals surface area contributed by atoms with Gasteiger partial charge in [-0.2, -0.15) is 0 Å². The van der Waals surface area contributed by atoms with Gasteiger partial charge in [0.2, 0.25) is 5.91 Å². The topological polar surface area (TPSA) is 68.8 Å². The Hall–Kier alpha value is -2.73. The molecular formula is C21H28N2O4. The van der Waals surface area contributed by atoms with Gasteiger partial charge in [-0.15, -0.1) is 0 Å². The maximum atomic E-state index is 12.3. The second kappa shape index (κ2) is 11.8. The van der Waals surface area contributed by atoms with Gasteiger partial charge in [-0.1, -0.05) is 25.1 Å². The summed E-state index contributed by atoms with van der Waals surface area (Å²) < 4.78 is 16.5. The third-order valence-electron chi connectivity index (χ3n) is 3.61. The summed E-state index contributed by atoms with van der Waals surface area (Å²) >= 11 is 0. The van der Waals surface area contributed by atoms with Crippen LogP contribution in [0, 0.1) is 0 Å². The summed E-state index contributed by atoms with van der Waals surface area (Å²) in [4.78, 5) is 12.3. The summed E-state index contributed by atoms with van der Waals surface area (Å²) in [5.41, 5.74) is 1.47. The van der Waals surface area contributed by atoms with Crippen molar-refractivity contribution in [1.82, 2.24) is 0 Å². The van der Waals surface area contributed by atoms with Crippen LogP contribution in [0.2, 0.25) is 0 Å². The Balaban J connectivity index is 1.85. The fraction of sp³-hybridized carbons (Fsp3) is 0.381. The lowest BCUT2D eigenvalue weighted by Gasteiger charge is -2.13. The molecule has 27 heavy (non-hydrogen) atoms. The highest BCUT2D eigenvalue weighted by Crippen LogP contribution is 2.23. The van der Waals surface area contributed by atoms with Crippen molar-refractivity contribution < 1.29 is 19.0 Å². The molecule has 0 bridgehead atoms. The van der Waals surface area contributed by atoms with Crippen LogP contribution in [0.3, 0.4) is 0 Å². The fourth-order valence-electron chi connectivity index (χ4n) is 2.34.